The molecule has 1 N–H and O–H groups in total. The first-order valence-corrected chi connectivity index (χ1v) is 15.4. The molecule has 0 fully saturated rings. The fourth-order valence-electron chi connectivity index (χ4n) is 4.57. The SMILES string of the molecule is CCCC(=O)OCCOCCOCCOCCOCCOCCOCCNC(=O)OCC1c2ccccc2-c2ccccc21. The number of hydrogen-bond donors (Lipinski definition) is 1. The van der Waals surface area contributed by atoms with E-state index in [9.17, 15) is 9.59 Å². The van der Waals surface area contributed by atoms with E-state index in [0.29, 0.717) is 92.2 Å². The Kier molecular flexibility index (Phi) is 18.1. The molecule has 1 aliphatic carbocycles. The molecule has 0 bridgehead atoms. The van der Waals surface area contributed by atoms with Crippen LogP contribution < -0.4 is 5.32 Å². The molecule has 11 heteroatoms. The molecule has 2 aromatic carbocycles. The topological polar surface area (TPSA) is 120 Å². The summed E-state index contributed by atoms with van der Waals surface area (Å²) < 4.78 is 43.2. The molecule has 0 aromatic heterocycles. The highest BCUT2D eigenvalue weighted by Crippen LogP contribution is 2.44. The molecule has 0 spiro atoms. The van der Waals surface area contributed by atoms with Crippen molar-refractivity contribution in [1.29, 1.82) is 0 Å². The minimum absolute atomic E-state index is 0.0385. The zero-order chi connectivity index (χ0) is 31.1. The summed E-state index contributed by atoms with van der Waals surface area (Å²) in [6.07, 6.45) is 0.765. The predicted molar refractivity (Wildman–Crippen MR) is 164 cm³/mol. The zero-order valence-electron chi connectivity index (χ0n) is 25.8. The number of rotatable bonds is 25. The number of hydrogen-bond acceptors (Lipinski definition) is 10. The van der Waals surface area contributed by atoms with Crippen LogP contribution in [0.25, 0.3) is 11.1 Å². The molecule has 3 rings (SSSR count). The van der Waals surface area contributed by atoms with Crippen LogP contribution in [-0.4, -0.2) is 111 Å². The zero-order valence-corrected chi connectivity index (χ0v) is 25.8. The lowest BCUT2D eigenvalue weighted by molar-refractivity contribution is -0.145. The minimum Gasteiger partial charge on any atom is -0.463 e. The van der Waals surface area contributed by atoms with Crippen molar-refractivity contribution in [2.75, 3.05) is 99.0 Å². The van der Waals surface area contributed by atoms with E-state index in [1.807, 2.05) is 31.2 Å². The van der Waals surface area contributed by atoms with Crippen LogP contribution in [0.1, 0.15) is 36.8 Å². The van der Waals surface area contributed by atoms with Gasteiger partial charge < -0.3 is 43.2 Å². The number of carbonyl (C=O) groups is 2. The number of fused-ring (bicyclic) bond motifs is 3. The van der Waals surface area contributed by atoms with Crippen molar-refractivity contribution >= 4 is 12.1 Å². The van der Waals surface area contributed by atoms with Crippen LogP contribution in [0.3, 0.4) is 0 Å². The van der Waals surface area contributed by atoms with E-state index >= 15 is 0 Å². The molecule has 1 amide bonds. The Morgan fingerprint density at radius 3 is 1.50 bits per heavy atom. The van der Waals surface area contributed by atoms with Crippen LogP contribution >= 0.6 is 0 Å². The molecule has 0 unspecified atom stereocenters. The van der Waals surface area contributed by atoms with Gasteiger partial charge in [-0.1, -0.05) is 55.5 Å². The molecule has 44 heavy (non-hydrogen) atoms. The van der Waals surface area contributed by atoms with E-state index in [1.165, 1.54) is 22.3 Å². The van der Waals surface area contributed by atoms with Crippen LogP contribution in [0.2, 0.25) is 0 Å². The van der Waals surface area contributed by atoms with E-state index in [-0.39, 0.29) is 25.1 Å². The summed E-state index contributed by atoms with van der Waals surface area (Å²) in [6.45, 7) is 8.17. The van der Waals surface area contributed by atoms with Crippen molar-refractivity contribution in [2.24, 2.45) is 0 Å². The van der Waals surface area contributed by atoms with Gasteiger partial charge in [0, 0.05) is 18.9 Å². The summed E-state index contributed by atoms with van der Waals surface area (Å²) >= 11 is 0. The lowest BCUT2D eigenvalue weighted by Crippen LogP contribution is -2.29. The Labute approximate surface area is 260 Å². The van der Waals surface area contributed by atoms with Gasteiger partial charge in [-0.3, -0.25) is 4.79 Å². The first kappa shape index (κ1) is 35.4. The summed E-state index contributed by atoms with van der Waals surface area (Å²) in [4.78, 5) is 23.4. The minimum atomic E-state index is -0.454. The first-order chi connectivity index (χ1) is 21.7. The summed E-state index contributed by atoms with van der Waals surface area (Å²) in [5.41, 5.74) is 4.77. The average Bonchev–Trinajstić information content (AvgIpc) is 3.36. The molecule has 2 aromatic rings. The molecule has 11 nitrogen and oxygen atoms in total. The van der Waals surface area contributed by atoms with Crippen molar-refractivity contribution < 1.29 is 47.5 Å². The maximum absolute atomic E-state index is 12.2. The highest BCUT2D eigenvalue weighted by molar-refractivity contribution is 5.79. The van der Waals surface area contributed by atoms with E-state index in [4.69, 9.17) is 37.9 Å². The molecule has 1 aliphatic rings. The van der Waals surface area contributed by atoms with Crippen LogP contribution in [-0.2, 0) is 42.7 Å². The smallest absolute Gasteiger partial charge is 0.407 e. The van der Waals surface area contributed by atoms with Crippen molar-refractivity contribution in [2.45, 2.75) is 25.7 Å². The van der Waals surface area contributed by atoms with E-state index in [1.54, 1.807) is 0 Å². The fourth-order valence-corrected chi connectivity index (χ4v) is 4.57. The van der Waals surface area contributed by atoms with Gasteiger partial charge in [-0.05, 0) is 28.7 Å². The molecular formula is C33H47NO10. The summed E-state index contributed by atoms with van der Waals surface area (Å²) in [6, 6.07) is 16.5. The number of carbonyl (C=O) groups excluding carboxylic acids is 2. The van der Waals surface area contributed by atoms with Crippen molar-refractivity contribution in [1.82, 2.24) is 5.32 Å². The molecule has 0 heterocycles. The third-order valence-corrected chi connectivity index (χ3v) is 6.66. The lowest BCUT2D eigenvalue weighted by atomic mass is 9.98. The number of ether oxygens (including phenoxy) is 8. The van der Waals surface area contributed by atoms with Gasteiger partial charge in [-0.15, -0.1) is 0 Å². The Balaban J connectivity index is 1.03. The van der Waals surface area contributed by atoms with E-state index < -0.39 is 6.09 Å². The molecule has 0 aliphatic heterocycles. The predicted octanol–water partition coefficient (Wildman–Crippen LogP) is 3.97. The largest absolute Gasteiger partial charge is 0.463 e. The fraction of sp³-hybridized carbons (Fsp3) is 0.576. The van der Waals surface area contributed by atoms with Gasteiger partial charge in [0.25, 0.3) is 0 Å². The Morgan fingerprint density at radius 2 is 1.02 bits per heavy atom. The highest BCUT2D eigenvalue weighted by atomic mass is 16.6. The highest BCUT2D eigenvalue weighted by Gasteiger charge is 2.28. The van der Waals surface area contributed by atoms with Crippen LogP contribution in [0.5, 0.6) is 0 Å². The number of alkyl carbamates (subject to hydrolysis) is 1. The molecule has 244 valence electrons. The maximum atomic E-state index is 12.2. The molecule has 0 radical (unpaired) electrons. The summed E-state index contributed by atoms with van der Waals surface area (Å²) in [5.74, 6) is -0.154. The Morgan fingerprint density at radius 1 is 0.591 bits per heavy atom. The lowest BCUT2D eigenvalue weighted by Gasteiger charge is -2.14. The van der Waals surface area contributed by atoms with Crippen LogP contribution in [0, 0.1) is 0 Å². The summed E-state index contributed by atoms with van der Waals surface area (Å²) in [5, 5.41) is 2.73. The maximum Gasteiger partial charge on any atom is 0.407 e. The monoisotopic (exact) mass is 617 g/mol. The normalized spacial score (nSPS) is 12.1. The molecule has 0 atom stereocenters. The second-order valence-electron chi connectivity index (χ2n) is 9.90. The third-order valence-electron chi connectivity index (χ3n) is 6.66. The molecule has 0 saturated carbocycles. The number of benzene rings is 2. The van der Waals surface area contributed by atoms with Crippen LogP contribution in [0.15, 0.2) is 48.5 Å². The van der Waals surface area contributed by atoms with Gasteiger partial charge >= 0.3 is 12.1 Å². The number of esters is 1. The van der Waals surface area contributed by atoms with E-state index in [0.717, 1.165) is 6.42 Å². The van der Waals surface area contributed by atoms with Crippen molar-refractivity contribution in [3.63, 3.8) is 0 Å². The number of amides is 1. The quantitative estimate of drug-likeness (QED) is 0.129. The molecule has 0 saturated heterocycles. The first-order valence-electron chi connectivity index (χ1n) is 15.4. The van der Waals surface area contributed by atoms with Gasteiger partial charge in [0.2, 0.25) is 0 Å². The Hall–Kier alpha value is -3.06. The van der Waals surface area contributed by atoms with Crippen molar-refractivity contribution in [3.8, 4) is 11.1 Å². The standard InChI is InChI=1S/C33H47NO10/c1-2-7-32(35)43-25-24-42-23-22-41-21-20-40-19-18-39-17-16-38-15-14-37-13-12-34-33(36)44-26-31-29-10-5-3-8-27(29)28-9-4-6-11-30(28)31/h3-6,8-11,31H,2,7,12-26H2,1H3,(H,34,36). The number of nitrogens with one attached hydrogen (secondary N) is 1. The second-order valence-corrected chi connectivity index (χ2v) is 9.90. The second kappa shape index (κ2) is 22.4. The van der Waals surface area contributed by atoms with Gasteiger partial charge in [0.05, 0.1) is 79.3 Å². The Bertz CT molecular complexity index is 1040. The summed E-state index contributed by atoms with van der Waals surface area (Å²) in [7, 11) is 0. The van der Waals surface area contributed by atoms with Crippen molar-refractivity contribution in [3.05, 3.63) is 59.7 Å². The van der Waals surface area contributed by atoms with E-state index in [2.05, 4.69) is 29.6 Å². The third kappa shape index (κ3) is 13.7. The van der Waals surface area contributed by atoms with Crippen LogP contribution in [0.4, 0.5) is 4.79 Å². The van der Waals surface area contributed by atoms with Gasteiger partial charge in [0.1, 0.15) is 13.2 Å². The van der Waals surface area contributed by atoms with Gasteiger partial charge in [0.15, 0.2) is 0 Å². The average molecular weight is 618 g/mol. The molecular weight excluding hydrogens is 570 g/mol. The van der Waals surface area contributed by atoms with Gasteiger partial charge in [-0.25, -0.2) is 4.79 Å². The van der Waals surface area contributed by atoms with Gasteiger partial charge in [-0.2, -0.15) is 0 Å².